The number of benzene rings is 2. The summed E-state index contributed by atoms with van der Waals surface area (Å²) >= 11 is 0. The number of aromatic nitrogens is 1. The minimum Gasteiger partial charge on any atom is -0.338 e. The molecule has 0 saturated carbocycles. The predicted octanol–water partition coefficient (Wildman–Crippen LogP) is 3.96. The predicted molar refractivity (Wildman–Crippen MR) is 98.0 cm³/mol. The molecule has 0 aliphatic rings. The van der Waals surface area contributed by atoms with Crippen LogP contribution < -0.4 is 5.43 Å². The molecule has 4 heteroatoms. The number of para-hydroxylation sites is 1. The monoisotopic (exact) mass is 319 g/mol. The van der Waals surface area contributed by atoms with E-state index in [4.69, 9.17) is 0 Å². The maximum Gasteiger partial charge on any atom is 0.259 e. The minimum atomic E-state index is -0.124. The Labute approximate surface area is 141 Å². The Kier molecular flexibility index (Phi) is 5.06. The lowest BCUT2D eigenvalue weighted by Crippen LogP contribution is -2.24. The third-order valence-corrected chi connectivity index (χ3v) is 3.90. The fourth-order valence-electron chi connectivity index (χ4n) is 2.73. The van der Waals surface area contributed by atoms with Gasteiger partial charge in [0.1, 0.15) is 6.54 Å². The van der Waals surface area contributed by atoms with Gasteiger partial charge in [-0.1, -0.05) is 61.9 Å². The number of carbonyl (C=O) groups is 1. The van der Waals surface area contributed by atoms with Gasteiger partial charge in [0.2, 0.25) is 0 Å². The molecule has 0 fully saturated rings. The van der Waals surface area contributed by atoms with Crippen LogP contribution in [0.1, 0.15) is 25.3 Å². The summed E-state index contributed by atoms with van der Waals surface area (Å²) in [6.07, 6.45) is 3.74. The molecule has 1 N–H and O–H groups in total. The number of carbonyl (C=O) groups excluding carboxylic acids is 1. The summed E-state index contributed by atoms with van der Waals surface area (Å²) in [6, 6.07) is 20.0. The van der Waals surface area contributed by atoms with Crippen LogP contribution in [0.3, 0.4) is 0 Å². The van der Waals surface area contributed by atoms with E-state index in [1.54, 1.807) is 0 Å². The molecule has 4 nitrogen and oxygen atoms in total. The van der Waals surface area contributed by atoms with Crippen LogP contribution in [0.25, 0.3) is 10.9 Å². The third-order valence-electron chi connectivity index (χ3n) is 3.90. The molecular weight excluding hydrogens is 298 g/mol. The van der Waals surface area contributed by atoms with Crippen LogP contribution in [0.5, 0.6) is 0 Å². The van der Waals surface area contributed by atoms with Gasteiger partial charge in [-0.15, -0.1) is 0 Å². The molecule has 24 heavy (non-hydrogen) atoms. The van der Waals surface area contributed by atoms with E-state index in [9.17, 15) is 4.79 Å². The Bertz CT molecular complexity index is 849. The van der Waals surface area contributed by atoms with Gasteiger partial charge in [-0.25, -0.2) is 5.43 Å². The Hall–Kier alpha value is -2.88. The van der Waals surface area contributed by atoms with E-state index in [0.717, 1.165) is 35.0 Å². The fourth-order valence-corrected chi connectivity index (χ4v) is 2.73. The van der Waals surface area contributed by atoms with Crippen molar-refractivity contribution in [2.75, 3.05) is 0 Å². The lowest BCUT2D eigenvalue weighted by molar-refractivity contribution is -0.121. The SMILES string of the molecule is CCC/C(=N\NC(=O)Cn1ccc2ccccc21)c1ccccc1. The molecule has 1 heterocycles. The zero-order valence-corrected chi connectivity index (χ0v) is 13.8. The molecule has 3 rings (SSSR count). The Balaban J connectivity index is 1.71. The van der Waals surface area contributed by atoms with E-state index in [1.165, 1.54) is 0 Å². The lowest BCUT2D eigenvalue weighted by Gasteiger charge is -2.07. The smallest absolute Gasteiger partial charge is 0.259 e. The molecule has 0 aliphatic heterocycles. The summed E-state index contributed by atoms with van der Waals surface area (Å²) in [5, 5.41) is 5.48. The van der Waals surface area contributed by atoms with Crippen molar-refractivity contribution in [2.45, 2.75) is 26.3 Å². The van der Waals surface area contributed by atoms with Crippen molar-refractivity contribution in [2.24, 2.45) is 5.10 Å². The third kappa shape index (κ3) is 3.71. The Morgan fingerprint density at radius 3 is 2.58 bits per heavy atom. The van der Waals surface area contributed by atoms with Gasteiger partial charge < -0.3 is 4.57 Å². The zero-order valence-electron chi connectivity index (χ0n) is 13.8. The first-order chi connectivity index (χ1) is 11.8. The topological polar surface area (TPSA) is 46.4 Å². The van der Waals surface area contributed by atoms with Gasteiger partial charge in [0.05, 0.1) is 5.71 Å². The molecular formula is C20H21N3O. The second-order valence-corrected chi connectivity index (χ2v) is 5.71. The van der Waals surface area contributed by atoms with E-state index < -0.39 is 0 Å². The summed E-state index contributed by atoms with van der Waals surface area (Å²) in [5.41, 5.74) is 5.70. The average Bonchev–Trinajstić information content (AvgIpc) is 3.02. The molecule has 1 aromatic heterocycles. The fraction of sp³-hybridized carbons (Fsp3) is 0.200. The largest absolute Gasteiger partial charge is 0.338 e. The molecule has 0 spiro atoms. The van der Waals surface area contributed by atoms with Crippen molar-refractivity contribution in [1.82, 2.24) is 9.99 Å². The molecule has 0 unspecified atom stereocenters. The van der Waals surface area contributed by atoms with Gasteiger partial charge in [0, 0.05) is 11.7 Å². The van der Waals surface area contributed by atoms with E-state index in [-0.39, 0.29) is 12.5 Å². The van der Waals surface area contributed by atoms with Crippen LogP contribution in [-0.2, 0) is 11.3 Å². The number of nitrogens with one attached hydrogen (secondary N) is 1. The number of fused-ring (bicyclic) bond motifs is 1. The van der Waals surface area contributed by atoms with Gasteiger partial charge in [0.15, 0.2) is 0 Å². The standard InChI is InChI=1S/C20H21N3O/c1-2-8-18(16-9-4-3-5-10-16)21-22-20(24)15-23-14-13-17-11-6-7-12-19(17)23/h3-7,9-14H,2,8,15H2,1H3,(H,22,24)/b21-18+. The Morgan fingerprint density at radius 2 is 1.79 bits per heavy atom. The normalized spacial score (nSPS) is 11.6. The van der Waals surface area contributed by atoms with E-state index >= 15 is 0 Å². The van der Waals surface area contributed by atoms with Gasteiger partial charge in [-0.2, -0.15) is 5.10 Å². The molecule has 1 amide bonds. The average molecular weight is 319 g/mol. The van der Waals surface area contributed by atoms with Crippen LogP contribution in [0.15, 0.2) is 72.0 Å². The van der Waals surface area contributed by atoms with Crippen LogP contribution in [0.2, 0.25) is 0 Å². The molecule has 3 aromatic rings. The molecule has 0 saturated heterocycles. The van der Waals surface area contributed by atoms with Crippen molar-refractivity contribution < 1.29 is 4.79 Å². The quantitative estimate of drug-likeness (QED) is 0.542. The van der Waals surface area contributed by atoms with Crippen LogP contribution in [0.4, 0.5) is 0 Å². The van der Waals surface area contributed by atoms with Gasteiger partial charge in [-0.3, -0.25) is 4.79 Å². The number of hydrogen-bond acceptors (Lipinski definition) is 2. The van der Waals surface area contributed by atoms with Gasteiger partial charge >= 0.3 is 0 Å². The maximum absolute atomic E-state index is 12.3. The van der Waals surface area contributed by atoms with Gasteiger partial charge in [0.25, 0.3) is 5.91 Å². The van der Waals surface area contributed by atoms with Gasteiger partial charge in [-0.05, 0) is 29.5 Å². The molecule has 2 aromatic carbocycles. The Morgan fingerprint density at radius 1 is 1.04 bits per heavy atom. The van der Waals surface area contributed by atoms with Crippen molar-refractivity contribution in [3.05, 3.63) is 72.4 Å². The minimum absolute atomic E-state index is 0.124. The summed E-state index contributed by atoms with van der Waals surface area (Å²) in [5.74, 6) is -0.124. The summed E-state index contributed by atoms with van der Waals surface area (Å²) in [7, 11) is 0. The number of amides is 1. The van der Waals surface area contributed by atoms with Crippen molar-refractivity contribution in [3.8, 4) is 0 Å². The molecule has 122 valence electrons. The van der Waals surface area contributed by atoms with Crippen molar-refractivity contribution >= 4 is 22.5 Å². The molecule has 0 atom stereocenters. The number of rotatable bonds is 6. The van der Waals surface area contributed by atoms with Crippen molar-refractivity contribution in [1.29, 1.82) is 0 Å². The maximum atomic E-state index is 12.3. The van der Waals surface area contributed by atoms with E-state index in [0.29, 0.717) is 0 Å². The number of hydrogen-bond donors (Lipinski definition) is 1. The number of nitrogens with zero attached hydrogens (tertiary/aromatic N) is 2. The molecule has 0 aliphatic carbocycles. The summed E-state index contributed by atoms with van der Waals surface area (Å²) in [6.45, 7) is 2.36. The first kappa shape index (κ1) is 16.0. The zero-order chi connectivity index (χ0) is 16.8. The highest BCUT2D eigenvalue weighted by molar-refractivity contribution is 6.01. The summed E-state index contributed by atoms with van der Waals surface area (Å²) < 4.78 is 1.93. The van der Waals surface area contributed by atoms with Crippen LogP contribution in [0, 0.1) is 0 Å². The highest BCUT2D eigenvalue weighted by Crippen LogP contribution is 2.14. The summed E-state index contributed by atoms with van der Waals surface area (Å²) in [4.78, 5) is 12.3. The second-order valence-electron chi connectivity index (χ2n) is 5.71. The first-order valence-corrected chi connectivity index (χ1v) is 8.22. The lowest BCUT2D eigenvalue weighted by atomic mass is 10.1. The van der Waals surface area contributed by atoms with Crippen LogP contribution in [-0.4, -0.2) is 16.2 Å². The van der Waals surface area contributed by atoms with E-state index in [2.05, 4.69) is 17.5 Å². The van der Waals surface area contributed by atoms with Crippen molar-refractivity contribution in [3.63, 3.8) is 0 Å². The highest BCUT2D eigenvalue weighted by Gasteiger charge is 2.07. The second kappa shape index (κ2) is 7.59. The molecule has 0 radical (unpaired) electrons. The highest BCUT2D eigenvalue weighted by atomic mass is 16.2. The first-order valence-electron chi connectivity index (χ1n) is 8.22. The molecule has 0 bridgehead atoms. The van der Waals surface area contributed by atoms with Crippen LogP contribution >= 0.6 is 0 Å². The van der Waals surface area contributed by atoms with E-state index in [1.807, 2.05) is 71.4 Å². The number of hydrazone groups is 1.